The SMILES string of the molecule is CCNC(=O)C=C(F)c1cc(Br)cc(C)c1NC(=O)c1cc(Br)nn1-c1ncccc1Cl. The van der Waals surface area contributed by atoms with Gasteiger partial charge in [0.25, 0.3) is 5.91 Å². The van der Waals surface area contributed by atoms with Crippen molar-refractivity contribution in [3.8, 4) is 5.82 Å². The minimum Gasteiger partial charge on any atom is -0.353 e. The third-order valence-electron chi connectivity index (χ3n) is 4.26. The van der Waals surface area contributed by atoms with Gasteiger partial charge in [-0.05, 0) is 59.6 Å². The van der Waals surface area contributed by atoms with Gasteiger partial charge in [0, 0.05) is 34.9 Å². The molecular formula is C21H17Br2ClFN5O2. The van der Waals surface area contributed by atoms with Crippen molar-refractivity contribution in [1.82, 2.24) is 20.1 Å². The molecule has 0 spiro atoms. The predicted molar refractivity (Wildman–Crippen MR) is 129 cm³/mol. The second-order valence-electron chi connectivity index (χ2n) is 6.56. The first-order chi connectivity index (χ1) is 15.2. The largest absolute Gasteiger partial charge is 0.353 e. The minimum atomic E-state index is -0.793. The molecule has 0 aliphatic rings. The molecule has 0 fully saturated rings. The number of nitrogens with zero attached hydrogens (tertiary/aromatic N) is 3. The van der Waals surface area contributed by atoms with Crippen LogP contribution < -0.4 is 10.6 Å². The molecule has 2 amide bonds. The molecule has 2 heterocycles. The normalized spacial score (nSPS) is 11.4. The molecule has 0 unspecified atom stereocenters. The third-order valence-corrected chi connectivity index (χ3v) is 5.40. The van der Waals surface area contributed by atoms with Crippen LogP contribution in [0.4, 0.5) is 10.1 Å². The maximum atomic E-state index is 15.0. The van der Waals surface area contributed by atoms with E-state index in [1.54, 1.807) is 32.0 Å². The van der Waals surface area contributed by atoms with Crippen LogP contribution in [-0.4, -0.2) is 33.1 Å². The lowest BCUT2D eigenvalue weighted by atomic mass is 10.1. The van der Waals surface area contributed by atoms with E-state index in [0.717, 1.165) is 6.08 Å². The van der Waals surface area contributed by atoms with Gasteiger partial charge < -0.3 is 10.6 Å². The van der Waals surface area contributed by atoms with Crippen molar-refractivity contribution in [3.63, 3.8) is 0 Å². The predicted octanol–water partition coefficient (Wildman–Crippen LogP) is 5.45. The Labute approximate surface area is 205 Å². The zero-order chi connectivity index (χ0) is 23.4. The number of aromatic nitrogens is 3. The number of hydrogen-bond acceptors (Lipinski definition) is 4. The number of anilines is 1. The van der Waals surface area contributed by atoms with Gasteiger partial charge >= 0.3 is 0 Å². The monoisotopic (exact) mass is 583 g/mol. The highest BCUT2D eigenvalue weighted by atomic mass is 79.9. The Morgan fingerprint density at radius 1 is 1.28 bits per heavy atom. The van der Waals surface area contributed by atoms with Crippen LogP contribution in [0.3, 0.4) is 0 Å². The number of hydrogen-bond donors (Lipinski definition) is 2. The average Bonchev–Trinajstić information content (AvgIpc) is 3.11. The van der Waals surface area contributed by atoms with Crippen molar-refractivity contribution < 1.29 is 14.0 Å². The quantitative estimate of drug-likeness (QED) is 0.377. The number of benzene rings is 1. The number of carbonyl (C=O) groups is 2. The summed E-state index contributed by atoms with van der Waals surface area (Å²) in [5, 5.41) is 9.77. The number of amides is 2. The zero-order valence-corrected chi connectivity index (χ0v) is 20.8. The van der Waals surface area contributed by atoms with Crippen molar-refractivity contribution in [1.29, 1.82) is 0 Å². The molecular weight excluding hydrogens is 569 g/mol. The molecule has 7 nitrogen and oxygen atoms in total. The number of aryl methyl sites for hydroxylation is 1. The highest BCUT2D eigenvalue weighted by Crippen LogP contribution is 2.32. The molecule has 2 N–H and O–H groups in total. The third kappa shape index (κ3) is 5.43. The number of rotatable bonds is 6. The average molecular weight is 586 g/mol. The van der Waals surface area contributed by atoms with Crippen molar-refractivity contribution in [2.45, 2.75) is 13.8 Å². The van der Waals surface area contributed by atoms with Crippen LogP contribution in [0.2, 0.25) is 5.02 Å². The summed E-state index contributed by atoms with van der Waals surface area (Å²) in [6.07, 6.45) is 2.37. The van der Waals surface area contributed by atoms with Gasteiger partial charge in [-0.15, -0.1) is 0 Å². The van der Waals surface area contributed by atoms with E-state index in [1.165, 1.54) is 23.0 Å². The summed E-state index contributed by atoms with van der Waals surface area (Å²) in [5.74, 6) is -1.67. The van der Waals surface area contributed by atoms with Gasteiger partial charge in [-0.3, -0.25) is 9.59 Å². The summed E-state index contributed by atoms with van der Waals surface area (Å²) in [5.41, 5.74) is 0.978. The van der Waals surface area contributed by atoms with Crippen LogP contribution in [0, 0.1) is 6.92 Å². The fourth-order valence-corrected chi connectivity index (χ4v) is 4.05. The van der Waals surface area contributed by atoms with E-state index in [-0.39, 0.29) is 22.8 Å². The Bertz CT molecular complexity index is 1230. The first-order valence-corrected chi connectivity index (χ1v) is 11.3. The van der Waals surface area contributed by atoms with Gasteiger partial charge in [0.2, 0.25) is 5.91 Å². The van der Waals surface area contributed by atoms with E-state index >= 15 is 0 Å². The highest BCUT2D eigenvalue weighted by Gasteiger charge is 2.21. The molecule has 166 valence electrons. The van der Waals surface area contributed by atoms with Crippen molar-refractivity contribution >= 4 is 66.8 Å². The van der Waals surface area contributed by atoms with Gasteiger partial charge in [0.1, 0.15) is 16.1 Å². The Balaban J connectivity index is 2.03. The molecule has 3 rings (SSSR count). The summed E-state index contributed by atoms with van der Waals surface area (Å²) >= 11 is 12.8. The van der Waals surface area contributed by atoms with Crippen LogP contribution in [0.5, 0.6) is 0 Å². The van der Waals surface area contributed by atoms with Crippen LogP contribution in [0.15, 0.2) is 51.7 Å². The highest BCUT2D eigenvalue weighted by molar-refractivity contribution is 9.10. The van der Waals surface area contributed by atoms with Crippen molar-refractivity contribution in [2.24, 2.45) is 0 Å². The molecule has 11 heteroatoms. The van der Waals surface area contributed by atoms with Gasteiger partial charge in [-0.25, -0.2) is 14.1 Å². The first kappa shape index (κ1) is 24.1. The summed E-state index contributed by atoms with van der Waals surface area (Å²) in [7, 11) is 0. The van der Waals surface area contributed by atoms with Gasteiger partial charge in [0.05, 0.1) is 10.7 Å². The second-order valence-corrected chi connectivity index (χ2v) is 8.69. The van der Waals surface area contributed by atoms with Crippen LogP contribution in [0.25, 0.3) is 11.6 Å². The first-order valence-electron chi connectivity index (χ1n) is 9.34. The standard InChI is InChI=1S/C21H17Br2ClFN5O2/c1-3-26-18(31)9-15(25)13-8-12(22)7-11(2)19(13)28-21(32)16-10-17(23)29-30(16)20-14(24)5-4-6-27-20/h4-10H,3H2,1-2H3,(H,26,31)(H,28,32). The maximum absolute atomic E-state index is 15.0. The van der Waals surface area contributed by atoms with E-state index in [0.29, 0.717) is 26.2 Å². The lowest BCUT2D eigenvalue weighted by Gasteiger charge is -2.15. The van der Waals surface area contributed by atoms with Crippen molar-refractivity contribution in [2.75, 3.05) is 11.9 Å². The number of pyridine rings is 1. The van der Waals surface area contributed by atoms with E-state index in [4.69, 9.17) is 11.6 Å². The van der Waals surface area contributed by atoms with Crippen LogP contribution in [-0.2, 0) is 4.79 Å². The molecule has 0 aliphatic carbocycles. The fraction of sp³-hybridized carbons (Fsp3) is 0.143. The maximum Gasteiger partial charge on any atom is 0.274 e. The van der Waals surface area contributed by atoms with E-state index < -0.39 is 17.6 Å². The number of nitrogens with one attached hydrogen (secondary N) is 2. The molecule has 0 bridgehead atoms. The minimum absolute atomic E-state index is 0.0532. The number of likely N-dealkylation sites (N-methyl/N-ethyl adjacent to an activating group) is 1. The number of carbonyl (C=O) groups excluding carboxylic acids is 2. The lowest BCUT2D eigenvalue weighted by molar-refractivity contribution is -0.116. The van der Waals surface area contributed by atoms with Crippen molar-refractivity contribution in [3.05, 3.63) is 73.5 Å². The molecule has 0 saturated heterocycles. The van der Waals surface area contributed by atoms with Gasteiger partial charge in [-0.2, -0.15) is 5.10 Å². The summed E-state index contributed by atoms with van der Waals surface area (Å²) < 4.78 is 17.2. The van der Waals surface area contributed by atoms with Crippen LogP contribution in [0.1, 0.15) is 28.5 Å². The fourth-order valence-electron chi connectivity index (χ4n) is 2.90. The van der Waals surface area contributed by atoms with Crippen LogP contribution >= 0.6 is 43.5 Å². The smallest absolute Gasteiger partial charge is 0.274 e. The molecule has 3 aromatic rings. The zero-order valence-electron chi connectivity index (χ0n) is 16.9. The summed E-state index contributed by atoms with van der Waals surface area (Å²) in [4.78, 5) is 29.2. The van der Waals surface area contributed by atoms with Gasteiger partial charge in [0.15, 0.2) is 5.82 Å². The second kappa shape index (κ2) is 10.4. The molecule has 32 heavy (non-hydrogen) atoms. The van der Waals surface area contributed by atoms with E-state index in [1.807, 2.05) is 0 Å². The molecule has 0 saturated carbocycles. The summed E-state index contributed by atoms with van der Waals surface area (Å²) in [6, 6.07) is 7.98. The Kier molecular flexibility index (Phi) is 7.81. The molecule has 1 aromatic carbocycles. The Morgan fingerprint density at radius 2 is 2.03 bits per heavy atom. The molecule has 2 aromatic heterocycles. The molecule has 0 atom stereocenters. The Hall–Kier alpha value is -2.56. The summed E-state index contributed by atoms with van der Waals surface area (Å²) in [6.45, 7) is 3.80. The van der Waals surface area contributed by atoms with E-state index in [2.05, 4.69) is 52.6 Å². The Morgan fingerprint density at radius 3 is 2.72 bits per heavy atom. The topological polar surface area (TPSA) is 88.9 Å². The lowest BCUT2D eigenvalue weighted by Crippen LogP contribution is -2.21. The van der Waals surface area contributed by atoms with Gasteiger partial charge in [-0.1, -0.05) is 27.5 Å². The molecule has 0 aliphatic heterocycles. The van der Waals surface area contributed by atoms with E-state index in [9.17, 15) is 14.0 Å². The number of halogens is 4. The molecule has 0 radical (unpaired) electrons.